The molecule has 0 unspecified atom stereocenters. The van der Waals surface area contributed by atoms with Crippen molar-refractivity contribution in [2.75, 3.05) is 0 Å². The minimum Gasteiger partial charge on any atom is -0.309 e. The fraction of sp³-hybridized carbons (Fsp3) is 0. The minimum absolute atomic E-state index is 0.559. The Morgan fingerprint density at radius 3 is 0.815 bits per heavy atom. The Morgan fingerprint density at radius 2 is 0.457 bits per heavy atom. The lowest BCUT2D eigenvalue weighted by Gasteiger charge is -2.25. The van der Waals surface area contributed by atoms with Crippen LogP contribution in [-0.4, -0.2) is 9.97 Å². The van der Waals surface area contributed by atoms with Gasteiger partial charge in [-0.25, -0.2) is 4.98 Å². The number of aromatic nitrogens is 2. The number of rotatable bonds is 17. The van der Waals surface area contributed by atoms with Gasteiger partial charge in [-0.2, -0.15) is 0 Å². The largest absolute Gasteiger partial charge is 0.309 e. The first kappa shape index (κ1) is 59.5. The second-order valence-corrected chi connectivity index (χ2v) is 33.4. The van der Waals surface area contributed by atoms with Crippen LogP contribution >= 0.6 is 28.6 Å². The van der Waals surface area contributed by atoms with Gasteiger partial charge in [0, 0.05) is 98.3 Å². The zero-order valence-corrected chi connectivity index (χ0v) is 53.5. The van der Waals surface area contributed by atoms with Gasteiger partial charge in [0.1, 0.15) is 0 Å². The molecule has 12 aromatic carbocycles. The molecule has 0 amide bonds. The molecule has 92 heavy (non-hydrogen) atoms. The van der Waals surface area contributed by atoms with Crippen LogP contribution in [0.1, 0.15) is 0 Å². The highest BCUT2D eigenvalue weighted by Crippen LogP contribution is 2.51. The third kappa shape index (κ3) is 10.9. The maximum absolute atomic E-state index is 16.9. The van der Waals surface area contributed by atoms with Gasteiger partial charge in [0.25, 0.3) is 0 Å². The van der Waals surface area contributed by atoms with Crippen LogP contribution < -0.4 is 63.7 Å². The first-order valence-corrected chi connectivity index (χ1v) is 37.3. The third-order valence-electron chi connectivity index (χ3n) is 17.1. The maximum Gasteiger partial charge on any atom is 0.171 e. The van der Waals surface area contributed by atoms with Gasteiger partial charge in [0.05, 0.1) is 11.4 Å². The molecule has 0 saturated carbocycles. The quantitative estimate of drug-likeness (QED) is 0.0843. The summed E-state index contributed by atoms with van der Waals surface area (Å²) < 4.78 is 66.1. The molecule has 0 aliphatic heterocycles. The average Bonchev–Trinajstić information content (AvgIpc) is 0.771. The molecule has 0 aliphatic rings. The van der Waals surface area contributed by atoms with Crippen molar-refractivity contribution in [2.24, 2.45) is 0 Å². The zero-order chi connectivity index (χ0) is 62.5. The molecule has 0 bridgehead atoms. The lowest BCUT2D eigenvalue weighted by Crippen LogP contribution is -2.27. The predicted octanol–water partition coefficient (Wildman–Crippen LogP) is 15.4. The average molecular weight is 1260 g/mol. The van der Waals surface area contributed by atoms with Crippen molar-refractivity contribution < 1.29 is 18.3 Å². The molecular weight excluding hydrogens is 1200 g/mol. The molecule has 0 spiro atoms. The van der Waals surface area contributed by atoms with Crippen LogP contribution in [-0.2, 0) is 18.3 Å². The number of nitrogens with zero attached hydrogens (tertiary/aromatic N) is 2. The SMILES string of the molecule is O=P(c1ccccc1)(c1ccccc1)c1ccccc1-c1cncc(-c2cc(-c3ccc(P(=O)(c4ccccc4)c4ccccc4)c(-c4cccc(-c5ccccc5P(=O)(c5ccccc5)c5ccccc5)n4)c3)ccc2P(=O)(c2ccccc2)c2ccccc2)c1. The molecule has 0 atom stereocenters. The Kier molecular flexibility index (Phi) is 16.6. The molecule has 10 heteroatoms. The lowest BCUT2D eigenvalue weighted by atomic mass is 9.96. The molecule has 0 radical (unpaired) electrons. The van der Waals surface area contributed by atoms with E-state index in [2.05, 4.69) is 18.2 Å². The van der Waals surface area contributed by atoms with Gasteiger partial charge < -0.3 is 18.3 Å². The van der Waals surface area contributed by atoms with E-state index in [-0.39, 0.29) is 0 Å². The van der Waals surface area contributed by atoms with Gasteiger partial charge in [-0.3, -0.25) is 4.98 Å². The molecule has 14 aromatic rings. The molecule has 14 rings (SSSR count). The van der Waals surface area contributed by atoms with Crippen LogP contribution in [0.25, 0.3) is 55.9 Å². The van der Waals surface area contributed by atoms with E-state index in [9.17, 15) is 0 Å². The highest BCUT2D eigenvalue weighted by molar-refractivity contribution is 7.87. The minimum atomic E-state index is -3.69. The van der Waals surface area contributed by atoms with E-state index in [1.165, 1.54) is 0 Å². The summed E-state index contributed by atoms with van der Waals surface area (Å²) in [6.45, 7) is 0. The topological polar surface area (TPSA) is 94.1 Å². The van der Waals surface area contributed by atoms with E-state index in [0.29, 0.717) is 97.3 Å². The summed E-state index contributed by atoms with van der Waals surface area (Å²) in [5, 5.41) is 8.00. The molecule has 0 saturated heterocycles. The van der Waals surface area contributed by atoms with E-state index in [0.717, 1.165) is 22.3 Å². The van der Waals surface area contributed by atoms with Gasteiger partial charge in [0.2, 0.25) is 0 Å². The Balaban J connectivity index is 0.999. The van der Waals surface area contributed by atoms with Crippen molar-refractivity contribution >= 4 is 92.2 Å². The molecule has 0 N–H and O–H groups in total. The van der Waals surface area contributed by atoms with Crippen LogP contribution in [0.3, 0.4) is 0 Å². The number of benzene rings is 12. The first-order valence-electron chi connectivity index (χ1n) is 30.4. The van der Waals surface area contributed by atoms with Gasteiger partial charge in [-0.1, -0.05) is 309 Å². The van der Waals surface area contributed by atoms with Gasteiger partial charge >= 0.3 is 0 Å². The second-order valence-electron chi connectivity index (χ2n) is 22.5. The number of hydrogen-bond donors (Lipinski definition) is 0. The van der Waals surface area contributed by atoms with Crippen molar-refractivity contribution in [3.63, 3.8) is 0 Å². The molecule has 6 nitrogen and oxygen atoms in total. The molecule has 2 aromatic heterocycles. The van der Waals surface area contributed by atoms with Crippen LogP contribution in [0.15, 0.2) is 364 Å². The number of pyridine rings is 2. The van der Waals surface area contributed by atoms with Crippen LogP contribution in [0.4, 0.5) is 0 Å². The van der Waals surface area contributed by atoms with Crippen LogP contribution in [0.5, 0.6) is 0 Å². The summed E-state index contributed by atoms with van der Waals surface area (Å²) in [5.74, 6) is 0. The summed E-state index contributed by atoms with van der Waals surface area (Å²) in [6.07, 6.45) is 3.62. The van der Waals surface area contributed by atoms with E-state index in [1.807, 2.05) is 346 Å². The molecule has 442 valence electrons. The van der Waals surface area contributed by atoms with Crippen molar-refractivity contribution in [3.05, 3.63) is 364 Å². The highest BCUT2D eigenvalue weighted by atomic mass is 31.2. The third-order valence-corrected chi connectivity index (χ3v) is 29.6. The second kappa shape index (κ2) is 25.6. The summed E-state index contributed by atoms with van der Waals surface area (Å²) in [5.41, 5.74) is 6.94. The zero-order valence-electron chi connectivity index (χ0n) is 50.0. The first-order chi connectivity index (χ1) is 45.2. The summed E-state index contributed by atoms with van der Waals surface area (Å²) in [7, 11) is -14.3. The van der Waals surface area contributed by atoms with E-state index >= 15 is 18.3 Å². The van der Waals surface area contributed by atoms with E-state index < -0.39 is 28.6 Å². The summed E-state index contributed by atoms with van der Waals surface area (Å²) >= 11 is 0. The maximum atomic E-state index is 16.9. The van der Waals surface area contributed by atoms with Crippen molar-refractivity contribution in [1.29, 1.82) is 0 Å². The van der Waals surface area contributed by atoms with Crippen molar-refractivity contribution in [2.45, 2.75) is 0 Å². The standard InChI is InChI=1S/C82H60N2O4P4/c85-89(65-30-9-1-10-31-65,66-32-11-2-12-33-66)79-50-27-25-46-73(79)63-56-64(60-83-59-63)75-57-61(52-54-81(75)91(87,69-38-17-5-18-39-69)70-40-19-6-20-41-70)62-53-55-82(92(88,71-42-21-7-22-43-71)72-44-23-8-24-45-72)76(58-62)78-49-29-48-77(84-78)74-47-26-28-51-80(74)90(86,67-34-13-3-14-35-67)68-36-15-4-16-37-68/h1-60H. The smallest absolute Gasteiger partial charge is 0.171 e. The molecular formula is C82H60N2O4P4. The molecule has 0 fully saturated rings. The molecule has 2 heterocycles. The van der Waals surface area contributed by atoms with Crippen LogP contribution in [0.2, 0.25) is 0 Å². The Morgan fingerprint density at radius 1 is 0.196 bits per heavy atom. The highest BCUT2D eigenvalue weighted by Gasteiger charge is 2.37. The normalized spacial score (nSPS) is 11.9. The Bertz CT molecular complexity index is 4660. The van der Waals surface area contributed by atoms with Crippen LogP contribution in [0, 0.1) is 0 Å². The Labute approximate surface area is 537 Å². The summed E-state index contributed by atoms with van der Waals surface area (Å²) in [4.78, 5) is 10.5. The molecule has 0 aliphatic carbocycles. The van der Waals surface area contributed by atoms with Crippen molar-refractivity contribution in [1.82, 2.24) is 9.97 Å². The number of hydrogen-bond acceptors (Lipinski definition) is 6. The fourth-order valence-corrected chi connectivity index (χ4v) is 24.1. The fourth-order valence-electron chi connectivity index (χ4n) is 12.7. The Hall–Kier alpha value is -10.1. The predicted molar refractivity (Wildman–Crippen MR) is 387 cm³/mol. The van der Waals surface area contributed by atoms with E-state index in [1.54, 1.807) is 0 Å². The van der Waals surface area contributed by atoms with Crippen molar-refractivity contribution in [3.8, 4) is 55.9 Å². The van der Waals surface area contributed by atoms with Gasteiger partial charge in [-0.05, 0) is 64.7 Å². The van der Waals surface area contributed by atoms with Gasteiger partial charge in [-0.15, -0.1) is 0 Å². The monoisotopic (exact) mass is 1260 g/mol. The van der Waals surface area contributed by atoms with E-state index in [4.69, 9.17) is 9.97 Å². The summed E-state index contributed by atoms with van der Waals surface area (Å²) in [6, 6.07) is 113. The van der Waals surface area contributed by atoms with Gasteiger partial charge in [0.15, 0.2) is 28.6 Å². The lowest BCUT2D eigenvalue weighted by molar-refractivity contribution is 0.591.